The van der Waals surface area contributed by atoms with E-state index in [0.29, 0.717) is 0 Å². The van der Waals surface area contributed by atoms with Crippen molar-refractivity contribution in [2.24, 2.45) is 0 Å². The lowest BCUT2D eigenvalue weighted by Crippen LogP contribution is -2.12. The largest absolute Gasteiger partial charge is 0.497 e. The molecule has 0 atom stereocenters. The number of aryl methyl sites for hydroxylation is 2. The first-order valence-corrected chi connectivity index (χ1v) is 32.9. The molecule has 15 rings (SSSR count). The second-order valence-corrected chi connectivity index (χ2v) is 24.2. The maximum Gasteiger partial charge on any atom is 0.119 e. The molecule has 0 N–H and O–H groups in total. The minimum absolute atomic E-state index is 0.858. The van der Waals surface area contributed by atoms with Crippen LogP contribution >= 0.6 is 0 Å². The van der Waals surface area contributed by atoms with Crippen molar-refractivity contribution in [3.8, 4) is 5.75 Å². The molecule has 0 heterocycles. The van der Waals surface area contributed by atoms with Crippen molar-refractivity contribution >= 4 is 118 Å². The minimum Gasteiger partial charge on any atom is -0.497 e. The molecule has 474 valence electrons. The number of rotatable bonds is 16. The van der Waals surface area contributed by atoms with Gasteiger partial charge >= 0.3 is 0 Å². The molecule has 0 bridgehead atoms. The summed E-state index contributed by atoms with van der Waals surface area (Å²) in [6, 6.07) is 129. The van der Waals surface area contributed by atoms with Gasteiger partial charge in [0.15, 0.2) is 0 Å². The highest BCUT2D eigenvalue weighted by Crippen LogP contribution is 2.41. The second-order valence-electron chi connectivity index (χ2n) is 24.2. The molecule has 7 heteroatoms. The summed E-state index contributed by atoms with van der Waals surface area (Å²) in [7, 11) is 7.99. The van der Waals surface area contributed by atoms with Crippen LogP contribution in [0.5, 0.6) is 5.75 Å². The molecule has 0 amide bonds. The lowest BCUT2D eigenvalue weighted by atomic mass is 10.1. The third kappa shape index (κ3) is 14.9. The molecular formula is C90H78N6O. The monoisotopic (exact) mass is 1260 g/mol. The Labute approximate surface area is 571 Å². The van der Waals surface area contributed by atoms with E-state index in [1.807, 2.05) is 12.1 Å². The van der Waals surface area contributed by atoms with Crippen LogP contribution in [0.4, 0.5) is 85.3 Å². The molecule has 97 heavy (non-hydrogen) atoms. The number of benzene rings is 15. The maximum absolute atomic E-state index is 5.28. The van der Waals surface area contributed by atoms with Crippen LogP contribution in [-0.4, -0.2) is 28.3 Å². The Balaban J connectivity index is 0.000000131. The van der Waals surface area contributed by atoms with Crippen LogP contribution < -0.4 is 34.1 Å². The molecule has 0 aliphatic rings. The van der Waals surface area contributed by atoms with Gasteiger partial charge in [-0.15, -0.1) is 0 Å². The number of hydrogen-bond donors (Lipinski definition) is 0. The lowest BCUT2D eigenvalue weighted by Gasteiger charge is -2.27. The van der Waals surface area contributed by atoms with Crippen LogP contribution in [0.1, 0.15) is 11.1 Å². The topological polar surface area (TPSA) is 28.7 Å². The van der Waals surface area contributed by atoms with Crippen LogP contribution in [0.2, 0.25) is 0 Å². The number of ether oxygens (including phenoxy) is 1. The number of para-hydroxylation sites is 3. The Morgan fingerprint density at radius 3 is 0.753 bits per heavy atom. The van der Waals surface area contributed by atoms with Gasteiger partial charge in [-0.25, -0.2) is 0 Å². The Kier molecular flexibility index (Phi) is 19.5. The molecule has 15 aromatic rings. The Hall–Kier alpha value is -12.3. The fourth-order valence-corrected chi connectivity index (χ4v) is 12.4. The van der Waals surface area contributed by atoms with Crippen molar-refractivity contribution in [3.05, 3.63) is 375 Å². The van der Waals surface area contributed by atoms with Gasteiger partial charge < -0.3 is 34.1 Å². The highest BCUT2D eigenvalue weighted by molar-refractivity contribution is 5.92. The van der Waals surface area contributed by atoms with Crippen molar-refractivity contribution < 1.29 is 4.74 Å². The van der Waals surface area contributed by atoms with Crippen molar-refractivity contribution in [2.45, 2.75) is 13.8 Å². The molecule has 0 aliphatic carbocycles. The van der Waals surface area contributed by atoms with Gasteiger partial charge in [-0.2, -0.15) is 0 Å². The van der Waals surface area contributed by atoms with Crippen LogP contribution in [0.3, 0.4) is 0 Å². The highest BCUT2D eigenvalue weighted by atomic mass is 16.5. The zero-order chi connectivity index (χ0) is 66.5. The summed E-state index contributed by atoms with van der Waals surface area (Å²) >= 11 is 0. The zero-order valence-electron chi connectivity index (χ0n) is 55.7. The van der Waals surface area contributed by atoms with Gasteiger partial charge in [0.1, 0.15) is 5.75 Å². The van der Waals surface area contributed by atoms with E-state index in [9.17, 15) is 0 Å². The predicted octanol–water partition coefficient (Wildman–Crippen LogP) is 24.9. The van der Waals surface area contributed by atoms with Gasteiger partial charge in [0, 0.05) is 106 Å². The Morgan fingerprint density at radius 2 is 0.433 bits per heavy atom. The molecule has 0 radical (unpaired) electrons. The van der Waals surface area contributed by atoms with Crippen molar-refractivity contribution in [3.63, 3.8) is 0 Å². The van der Waals surface area contributed by atoms with E-state index in [1.54, 1.807) is 7.11 Å². The van der Waals surface area contributed by atoms with Crippen molar-refractivity contribution in [2.75, 3.05) is 57.7 Å². The van der Waals surface area contributed by atoms with Crippen LogP contribution in [-0.2, 0) is 0 Å². The summed E-state index contributed by atoms with van der Waals surface area (Å²) in [5.74, 6) is 0.858. The summed E-state index contributed by atoms with van der Waals surface area (Å²) in [6.07, 6.45) is 0. The summed E-state index contributed by atoms with van der Waals surface area (Å²) in [4.78, 5) is 13.5. The Bertz CT molecular complexity index is 5030. The fraction of sp³-hybridized carbons (Fsp3) is 0.0667. The second kappa shape index (κ2) is 29.7. The van der Waals surface area contributed by atoms with Gasteiger partial charge in [0.25, 0.3) is 0 Å². The molecule has 0 aliphatic heterocycles. The van der Waals surface area contributed by atoms with Crippen LogP contribution in [0, 0.1) is 13.8 Å². The number of hydrogen-bond acceptors (Lipinski definition) is 7. The van der Waals surface area contributed by atoms with E-state index < -0.39 is 0 Å². The van der Waals surface area contributed by atoms with E-state index in [2.05, 4.69) is 416 Å². The summed E-state index contributed by atoms with van der Waals surface area (Å²) < 4.78 is 5.28. The molecule has 7 nitrogen and oxygen atoms in total. The first-order chi connectivity index (χ1) is 47.6. The van der Waals surface area contributed by atoms with Gasteiger partial charge in [0.2, 0.25) is 0 Å². The average molecular weight is 1260 g/mol. The predicted molar refractivity (Wildman–Crippen MR) is 415 cm³/mol. The van der Waals surface area contributed by atoms with E-state index in [-0.39, 0.29) is 0 Å². The van der Waals surface area contributed by atoms with Crippen LogP contribution in [0.15, 0.2) is 364 Å². The SMILES string of the molecule is COc1ccc(N(C)c2ccc(N(c3ccccc3)c3ccc4ccccc4c3)cc2)cc1.Cc1ccc(N(C)c2ccc(N(c3ccccc3)c3ccc4ccccc4c3)cc2)cc1.Cc1cccc(N(C)c2ccc(N(c3ccccc3)c3ccc4ccccc4c3)cc2)c1. The first kappa shape index (κ1) is 63.4. The summed E-state index contributed by atoms with van der Waals surface area (Å²) in [5, 5.41) is 7.44. The molecule has 0 spiro atoms. The number of methoxy groups -OCH3 is 1. The van der Waals surface area contributed by atoms with Gasteiger partial charge in [-0.1, -0.05) is 175 Å². The van der Waals surface area contributed by atoms with E-state index in [4.69, 9.17) is 4.74 Å². The fourth-order valence-electron chi connectivity index (χ4n) is 12.4. The summed E-state index contributed by atoms with van der Waals surface area (Å²) in [5.41, 5.74) is 19.7. The quantitative estimate of drug-likeness (QED) is 0.0952. The molecular weight excluding hydrogens is 1180 g/mol. The standard InChI is InChI=1S/C30H26N2O.2C30H26N2/c1-31(26-18-20-30(33-2)21-19-26)25-14-16-28(17-15-25)32(27-10-4-3-5-11-27)29-13-12-23-8-6-7-9-24(23)22-29;1-23-9-8-14-29(21-23)31(2)26-17-19-28(20-18-26)32(27-12-4-3-5-13-27)30-16-15-24-10-6-7-11-25(24)22-30;1-23-12-15-26(16-13-23)31(2)27-18-20-29(21-19-27)32(28-10-4-3-5-11-28)30-17-14-24-8-6-7-9-25(24)22-30/h3-22H,1-2H3;2*3-22H,1-2H3. The smallest absolute Gasteiger partial charge is 0.119 e. The van der Waals surface area contributed by atoms with Crippen molar-refractivity contribution in [1.82, 2.24) is 0 Å². The highest BCUT2D eigenvalue weighted by Gasteiger charge is 2.18. The molecule has 0 fully saturated rings. The van der Waals surface area contributed by atoms with Gasteiger partial charge in [-0.05, 0) is 246 Å². The zero-order valence-corrected chi connectivity index (χ0v) is 55.7. The normalized spacial score (nSPS) is 10.8. The van der Waals surface area contributed by atoms with E-state index in [0.717, 1.165) is 79.7 Å². The minimum atomic E-state index is 0.858. The number of fused-ring (bicyclic) bond motifs is 3. The van der Waals surface area contributed by atoms with Crippen LogP contribution in [0.25, 0.3) is 32.3 Å². The molecule has 0 saturated carbocycles. The number of nitrogens with zero attached hydrogens (tertiary/aromatic N) is 6. The molecule has 0 unspecified atom stereocenters. The summed E-state index contributed by atoms with van der Waals surface area (Å²) in [6.45, 7) is 4.24. The average Bonchev–Trinajstić information content (AvgIpc) is 0.856. The third-order valence-electron chi connectivity index (χ3n) is 17.8. The molecule has 15 aromatic carbocycles. The first-order valence-electron chi connectivity index (χ1n) is 32.9. The molecule has 0 saturated heterocycles. The maximum atomic E-state index is 5.28. The number of anilines is 15. The third-order valence-corrected chi connectivity index (χ3v) is 17.8. The molecule has 0 aromatic heterocycles. The van der Waals surface area contributed by atoms with Gasteiger partial charge in [-0.3, -0.25) is 0 Å². The van der Waals surface area contributed by atoms with Crippen molar-refractivity contribution in [1.29, 1.82) is 0 Å². The Morgan fingerprint density at radius 1 is 0.186 bits per heavy atom. The van der Waals surface area contributed by atoms with E-state index in [1.165, 1.54) is 54.8 Å². The lowest BCUT2D eigenvalue weighted by molar-refractivity contribution is 0.415. The van der Waals surface area contributed by atoms with E-state index >= 15 is 0 Å². The van der Waals surface area contributed by atoms with Gasteiger partial charge in [0.05, 0.1) is 7.11 Å².